The van der Waals surface area contributed by atoms with Gasteiger partial charge >= 0.3 is 0 Å². The van der Waals surface area contributed by atoms with Crippen LogP contribution in [0.4, 0.5) is 0 Å². The molecule has 2 nitrogen and oxygen atoms in total. The monoisotopic (exact) mass is 227 g/mol. The molecule has 0 spiro atoms. The van der Waals surface area contributed by atoms with Crippen LogP contribution in [0.5, 0.6) is 0 Å². The highest BCUT2D eigenvalue weighted by molar-refractivity contribution is 14.1. The van der Waals surface area contributed by atoms with E-state index >= 15 is 0 Å². The molecule has 0 radical (unpaired) electrons. The number of amides is 1. The number of hydrogen-bond donors (Lipinski definition) is 1. The Bertz CT molecular complexity index is 82.5. The van der Waals surface area contributed by atoms with Crippen LogP contribution in [-0.2, 0) is 4.79 Å². The van der Waals surface area contributed by atoms with Crippen molar-refractivity contribution < 1.29 is 4.79 Å². The molecule has 0 bridgehead atoms. The van der Waals surface area contributed by atoms with Gasteiger partial charge in [0.15, 0.2) is 0 Å². The quantitative estimate of drug-likeness (QED) is 0.568. The van der Waals surface area contributed by atoms with Crippen LogP contribution in [-0.4, -0.2) is 9.83 Å². The summed E-state index contributed by atoms with van der Waals surface area (Å²) >= 11 is 2.27. The molecule has 0 saturated heterocycles. The largest absolute Gasteiger partial charge is 0.370 e. The summed E-state index contributed by atoms with van der Waals surface area (Å²) in [6.07, 6.45) is 1.42. The van der Waals surface area contributed by atoms with Crippen LogP contribution in [0.2, 0.25) is 0 Å². The van der Waals surface area contributed by atoms with Crippen molar-refractivity contribution in [3.05, 3.63) is 0 Å². The zero-order valence-electron chi connectivity index (χ0n) is 4.86. The molecule has 8 heavy (non-hydrogen) atoms. The van der Waals surface area contributed by atoms with Crippen molar-refractivity contribution >= 4 is 28.5 Å². The van der Waals surface area contributed by atoms with Crippen molar-refractivity contribution in [2.24, 2.45) is 5.73 Å². The summed E-state index contributed by atoms with van der Waals surface area (Å²) in [7, 11) is 0. The van der Waals surface area contributed by atoms with Gasteiger partial charge in [0.25, 0.3) is 0 Å². The van der Waals surface area contributed by atoms with Gasteiger partial charge in [-0.05, 0) is 6.42 Å². The first kappa shape index (κ1) is 8.20. The highest BCUT2D eigenvalue weighted by Gasteiger charge is 1.97. The van der Waals surface area contributed by atoms with Crippen LogP contribution < -0.4 is 5.73 Å². The van der Waals surface area contributed by atoms with E-state index in [1.165, 1.54) is 0 Å². The lowest BCUT2D eigenvalue weighted by molar-refractivity contribution is -0.118. The number of rotatable bonds is 3. The molecule has 0 aromatic carbocycles. The van der Waals surface area contributed by atoms with Gasteiger partial charge < -0.3 is 5.73 Å². The zero-order chi connectivity index (χ0) is 6.57. The molecular weight excluding hydrogens is 217 g/mol. The molecule has 1 atom stereocenters. The Morgan fingerprint density at radius 1 is 1.88 bits per heavy atom. The first-order valence-corrected chi connectivity index (χ1v) is 3.80. The van der Waals surface area contributed by atoms with Crippen LogP contribution in [0.3, 0.4) is 0 Å². The van der Waals surface area contributed by atoms with Crippen molar-refractivity contribution in [3.8, 4) is 0 Å². The maximum atomic E-state index is 10.1. The molecule has 2 N–H and O–H groups in total. The number of alkyl halides is 1. The molecule has 0 heterocycles. The Morgan fingerprint density at radius 3 is 2.50 bits per heavy atom. The number of hydrogen-bond acceptors (Lipinski definition) is 1. The molecule has 0 aliphatic rings. The summed E-state index contributed by atoms with van der Waals surface area (Å²) < 4.78 is 0.556. The molecule has 0 aromatic rings. The van der Waals surface area contributed by atoms with Gasteiger partial charge in [-0.25, -0.2) is 0 Å². The molecular formula is C5H10INO. The van der Waals surface area contributed by atoms with Crippen molar-refractivity contribution in [2.75, 3.05) is 0 Å². The van der Waals surface area contributed by atoms with Gasteiger partial charge in [0, 0.05) is 10.3 Å². The van der Waals surface area contributed by atoms with E-state index in [9.17, 15) is 4.79 Å². The summed E-state index contributed by atoms with van der Waals surface area (Å²) in [6.45, 7) is 2.06. The minimum absolute atomic E-state index is 0.200. The van der Waals surface area contributed by atoms with Crippen LogP contribution in [0.15, 0.2) is 0 Å². The van der Waals surface area contributed by atoms with Crippen LogP contribution in [0.25, 0.3) is 0 Å². The van der Waals surface area contributed by atoms with Gasteiger partial charge in [-0.15, -0.1) is 0 Å². The molecule has 0 aliphatic carbocycles. The molecule has 1 amide bonds. The zero-order valence-corrected chi connectivity index (χ0v) is 7.01. The Balaban J connectivity index is 3.05. The van der Waals surface area contributed by atoms with Gasteiger partial charge in [0.2, 0.25) is 5.91 Å². The fourth-order valence-electron chi connectivity index (χ4n) is 0.341. The van der Waals surface area contributed by atoms with Gasteiger partial charge in [-0.2, -0.15) is 0 Å². The van der Waals surface area contributed by atoms with E-state index in [1.807, 2.05) is 0 Å². The van der Waals surface area contributed by atoms with E-state index in [0.29, 0.717) is 10.3 Å². The van der Waals surface area contributed by atoms with E-state index in [4.69, 9.17) is 5.73 Å². The topological polar surface area (TPSA) is 43.1 Å². The lowest BCUT2D eigenvalue weighted by Gasteiger charge is -1.96. The number of halogens is 1. The molecule has 48 valence electrons. The van der Waals surface area contributed by atoms with Crippen LogP contribution in [0.1, 0.15) is 19.8 Å². The van der Waals surface area contributed by atoms with Crippen molar-refractivity contribution in [2.45, 2.75) is 23.7 Å². The average molecular weight is 227 g/mol. The van der Waals surface area contributed by atoms with Gasteiger partial charge in [-0.3, -0.25) is 4.79 Å². The second kappa shape index (κ2) is 4.12. The molecule has 1 unspecified atom stereocenters. The Kier molecular flexibility index (Phi) is 4.22. The van der Waals surface area contributed by atoms with E-state index in [-0.39, 0.29) is 5.91 Å². The molecule has 0 rings (SSSR count). The maximum Gasteiger partial charge on any atom is 0.217 e. The SMILES string of the molecule is CC(I)CCC(N)=O. The Hall–Kier alpha value is 0.200. The normalized spacial score (nSPS) is 13.2. The summed E-state index contributed by atoms with van der Waals surface area (Å²) in [4.78, 5) is 10.1. The van der Waals surface area contributed by atoms with E-state index in [2.05, 4.69) is 29.5 Å². The molecule has 3 heteroatoms. The maximum absolute atomic E-state index is 10.1. The second-order valence-corrected chi connectivity index (χ2v) is 3.91. The molecule has 0 aromatic heterocycles. The summed E-state index contributed by atoms with van der Waals surface area (Å²) in [6, 6.07) is 0. The highest BCUT2D eigenvalue weighted by atomic mass is 127. The first-order valence-electron chi connectivity index (χ1n) is 2.55. The smallest absolute Gasteiger partial charge is 0.217 e. The Labute approximate surface area is 63.0 Å². The van der Waals surface area contributed by atoms with Crippen molar-refractivity contribution in [1.82, 2.24) is 0 Å². The summed E-state index contributed by atoms with van der Waals surface area (Å²) in [5.41, 5.74) is 4.90. The number of carbonyl (C=O) groups excluding carboxylic acids is 1. The fraction of sp³-hybridized carbons (Fsp3) is 0.800. The lowest BCUT2D eigenvalue weighted by atomic mass is 10.2. The van der Waals surface area contributed by atoms with Crippen molar-refractivity contribution in [1.29, 1.82) is 0 Å². The van der Waals surface area contributed by atoms with Gasteiger partial charge in [0.05, 0.1) is 0 Å². The van der Waals surface area contributed by atoms with Crippen LogP contribution in [0, 0.1) is 0 Å². The third-order valence-electron chi connectivity index (χ3n) is 0.789. The lowest BCUT2D eigenvalue weighted by Crippen LogP contribution is -2.11. The van der Waals surface area contributed by atoms with Crippen molar-refractivity contribution in [3.63, 3.8) is 0 Å². The van der Waals surface area contributed by atoms with Gasteiger partial charge in [0.1, 0.15) is 0 Å². The minimum atomic E-state index is -0.200. The van der Waals surface area contributed by atoms with E-state index < -0.39 is 0 Å². The first-order chi connectivity index (χ1) is 3.63. The number of nitrogens with two attached hydrogens (primary N) is 1. The average Bonchev–Trinajstić information content (AvgIpc) is 1.61. The third-order valence-corrected chi connectivity index (χ3v) is 1.41. The minimum Gasteiger partial charge on any atom is -0.370 e. The molecule has 0 fully saturated rings. The summed E-state index contributed by atoms with van der Waals surface area (Å²) in [5, 5.41) is 0. The summed E-state index contributed by atoms with van der Waals surface area (Å²) in [5.74, 6) is -0.200. The number of primary amides is 1. The predicted molar refractivity (Wildman–Crippen MR) is 41.9 cm³/mol. The van der Waals surface area contributed by atoms with Gasteiger partial charge in [-0.1, -0.05) is 29.5 Å². The van der Waals surface area contributed by atoms with Crippen LogP contribution >= 0.6 is 22.6 Å². The Morgan fingerprint density at radius 2 is 2.38 bits per heavy atom. The second-order valence-electron chi connectivity index (χ2n) is 1.79. The highest BCUT2D eigenvalue weighted by Crippen LogP contribution is 2.05. The fourth-order valence-corrected chi connectivity index (χ4v) is 0.653. The van der Waals surface area contributed by atoms with E-state index in [0.717, 1.165) is 6.42 Å². The standard InChI is InChI=1S/C5H10INO/c1-4(6)2-3-5(7)8/h4H,2-3H2,1H3,(H2,7,8). The third kappa shape index (κ3) is 6.20. The number of carbonyl (C=O) groups is 1. The molecule has 0 aliphatic heterocycles. The van der Waals surface area contributed by atoms with E-state index in [1.54, 1.807) is 0 Å². The predicted octanol–water partition coefficient (Wildman–Crippen LogP) is 1.08. The molecule has 0 saturated carbocycles.